The highest BCUT2D eigenvalue weighted by molar-refractivity contribution is 5.71. The van der Waals surface area contributed by atoms with Crippen molar-refractivity contribution >= 4 is 17.9 Å². The molecule has 6 nitrogen and oxygen atoms in total. The van der Waals surface area contributed by atoms with Gasteiger partial charge in [-0.15, -0.1) is 0 Å². The fraction of sp³-hybridized carbons (Fsp3) is 0.532. The fourth-order valence-corrected chi connectivity index (χ4v) is 6.49. The molecule has 68 heavy (non-hydrogen) atoms. The molecular weight excluding hydrogens is 841 g/mol. The third-order valence-corrected chi connectivity index (χ3v) is 10.4. The molecule has 0 heterocycles. The van der Waals surface area contributed by atoms with Gasteiger partial charge in [-0.1, -0.05) is 224 Å². The van der Waals surface area contributed by atoms with E-state index >= 15 is 0 Å². The van der Waals surface area contributed by atoms with E-state index in [1.165, 1.54) is 12.8 Å². The van der Waals surface area contributed by atoms with E-state index in [9.17, 15) is 14.4 Å². The number of hydrogen-bond donors (Lipinski definition) is 0. The van der Waals surface area contributed by atoms with Crippen molar-refractivity contribution in [2.24, 2.45) is 0 Å². The molecule has 0 aromatic heterocycles. The molecule has 0 saturated heterocycles. The van der Waals surface area contributed by atoms with Crippen molar-refractivity contribution < 1.29 is 28.6 Å². The van der Waals surface area contributed by atoms with Crippen molar-refractivity contribution in [1.29, 1.82) is 0 Å². The standard InChI is InChI=1S/C62H94O6/c1-4-7-10-13-16-19-22-25-28-30-31-32-35-37-40-43-46-49-52-55-61(64)67-58-59(57-66-60(63)54-51-48-45-42-39-36-33-27-24-21-18-15-12-9-6-3)68-62(65)56-53-50-47-44-41-38-34-29-26-23-20-17-14-11-8-5-2/h7-12,15-21,24-29,31-33,37,40,46,49,59H,4-6,13-14,22-23,30,34-36,38-39,41-45,47-48,50-58H2,1-3H3/b10-7-,11-8-,12-9-,18-15-,19-16-,20-17-,24-21-,28-25-,29-26-,32-31-,33-27-,40-37-,49-46-. The molecule has 0 amide bonds. The first-order valence-corrected chi connectivity index (χ1v) is 26.5. The highest BCUT2D eigenvalue weighted by Gasteiger charge is 2.19. The van der Waals surface area contributed by atoms with E-state index < -0.39 is 6.10 Å². The molecule has 378 valence electrons. The second kappa shape index (κ2) is 54.6. The predicted molar refractivity (Wildman–Crippen MR) is 292 cm³/mol. The third kappa shape index (κ3) is 52.0. The molecular formula is C62H94O6. The van der Waals surface area contributed by atoms with Gasteiger partial charge in [-0.3, -0.25) is 14.4 Å². The molecule has 0 rings (SSSR count). The Kier molecular flexibility index (Phi) is 50.6. The summed E-state index contributed by atoms with van der Waals surface area (Å²) in [5.41, 5.74) is 0. The predicted octanol–water partition coefficient (Wildman–Crippen LogP) is 17.8. The van der Waals surface area contributed by atoms with Crippen LogP contribution in [0.25, 0.3) is 0 Å². The molecule has 6 heteroatoms. The van der Waals surface area contributed by atoms with E-state index in [1.54, 1.807) is 0 Å². The van der Waals surface area contributed by atoms with E-state index in [0.29, 0.717) is 12.8 Å². The van der Waals surface area contributed by atoms with E-state index in [4.69, 9.17) is 14.2 Å². The largest absolute Gasteiger partial charge is 0.462 e. The minimum atomic E-state index is -0.834. The first-order valence-electron chi connectivity index (χ1n) is 26.5. The van der Waals surface area contributed by atoms with Crippen molar-refractivity contribution in [2.45, 2.75) is 200 Å². The Balaban J connectivity index is 4.60. The minimum Gasteiger partial charge on any atom is -0.462 e. The van der Waals surface area contributed by atoms with Crippen molar-refractivity contribution in [3.8, 4) is 0 Å². The van der Waals surface area contributed by atoms with Crippen LogP contribution in [0.2, 0.25) is 0 Å². The van der Waals surface area contributed by atoms with Crippen LogP contribution in [-0.2, 0) is 28.6 Å². The summed E-state index contributed by atoms with van der Waals surface area (Å²) in [6.07, 6.45) is 79.5. The zero-order valence-corrected chi connectivity index (χ0v) is 43.0. The molecule has 0 fully saturated rings. The van der Waals surface area contributed by atoms with Crippen LogP contribution in [-0.4, -0.2) is 37.2 Å². The van der Waals surface area contributed by atoms with E-state index in [0.717, 1.165) is 135 Å². The maximum Gasteiger partial charge on any atom is 0.306 e. The molecule has 0 spiro atoms. The summed E-state index contributed by atoms with van der Waals surface area (Å²) < 4.78 is 16.7. The van der Waals surface area contributed by atoms with Gasteiger partial charge in [0, 0.05) is 19.3 Å². The molecule has 1 atom stereocenters. The second-order valence-electron chi connectivity index (χ2n) is 16.7. The van der Waals surface area contributed by atoms with Gasteiger partial charge in [-0.2, -0.15) is 0 Å². The fourth-order valence-electron chi connectivity index (χ4n) is 6.49. The normalized spacial score (nSPS) is 13.4. The van der Waals surface area contributed by atoms with Crippen LogP contribution in [0.15, 0.2) is 158 Å². The molecule has 0 bridgehead atoms. The Labute approximate surface area is 416 Å². The van der Waals surface area contributed by atoms with Crippen LogP contribution in [0, 0.1) is 0 Å². The van der Waals surface area contributed by atoms with E-state index in [-0.39, 0.29) is 44.0 Å². The second-order valence-corrected chi connectivity index (χ2v) is 16.7. The van der Waals surface area contributed by atoms with Crippen LogP contribution in [0.5, 0.6) is 0 Å². The molecule has 1 unspecified atom stereocenters. The number of hydrogen-bond acceptors (Lipinski definition) is 6. The molecule has 0 aliphatic heterocycles. The Morgan fingerprint density at radius 3 is 1.09 bits per heavy atom. The van der Waals surface area contributed by atoms with Crippen molar-refractivity contribution in [1.82, 2.24) is 0 Å². The third-order valence-electron chi connectivity index (χ3n) is 10.4. The minimum absolute atomic E-state index is 0.127. The molecule has 0 aliphatic carbocycles. The van der Waals surface area contributed by atoms with Crippen LogP contribution in [0.3, 0.4) is 0 Å². The van der Waals surface area contributed by atoms with Crippen molar-refractivity contribution in [2.75, 3.05) is 13.2 Å². The zero-order chi connectivity index (χ0) is 49.3. The molecule has 0 radical (unpaired) electrons. The van der Waals surface area contributed by atoms with Gasteiger partial charge in [0.1, 0.15) is 13.2 Å². The van der Waals surface area contributed by atoms with Gasteiger partial charge in [-0.05, 0) is 109 Å². The van der Waals surface area contributed by atoms with Gasteiger partial charge >= 0.3 is 17.9 Å². The maximum absolute atomic E-state index is 12.8. The lowest BCUT2D eigenvalue weighted by atomic mass is 10.1. The molecule has 0 aromatic rings. The van der Waals surface area contributed by atoms with Gasteiger partial charge < -0.3 is 14.2 Å². The summed E-state index contributed by atoms with van der Waals surface area (Å²) in [6.45, 7) is 6.15. The smallest absolute Gasteiger partial charge is 0.306 e. The Morgan fingerprint density at radius 2 is 0.632 bits per heavy atom. The topological polar surface area (TPSA) is 78.9 Å². The summed E-state index contributed by atoms with van der Waals surface area (Å²) in [6, 6.07) is 0. The monoisotopic (exact) mass is 935 g/mol. The highest BCUT2D eigenvalue weighted by atomic mass is 16.6. The summed E-state index contributed by atoms with van der Waals surface area (Å²) in [4.78, 5) is 38.0. The quantitative estimate of drug-likeness (QED) is 0.0199. The SMILES string of the molecule is CC\C=C/C=C\C=C/C=C\CCCCCCCC(=O)OCC(COC(=O)CC/C=C\C/C=C\C/C=C\C/C=C\C/C=C\C/C=C\CC)OC(=O)CCCCCCCC/C=C\C/C=C\C/C=C\CC. The van der Waals surface area contributed by atoms with Gasteiger partial charge in [0.05, 0.1) is 0 Å². The number of carbonyl (C=O) groups is 3. The lowest BCUT2D eigenvalue weighted by molar-refractivity contribution is -0.166. The highest BCUT2D eigenvalue weighted by Crippen LogP contribution is 2.12. The van der Waals surface area contributed by atoms with Gasteiger partial charge in [0.15, 0.2) is 6.10 Å². The Morgan fingerprint density at radius 1 is 0.309 bits per heavy atom. The first-order chi connectivity index (χ1) is 33.5. The summed E-state index contributed by atoms with van der Waals surface area (Å²) in [5.74, 6) is -1.06. The van der Waals surface area contributed by atoms with E-state index in [2.05, 4.69) is 142 Å². The number of carbonyl (C=O) groups excluding carboxylic acids is 3. The van der Waals surface area contributed by atoms with Crippen LogP contribution < -0.4 is 0 Å². The van der Waals surface area contributed by atoms with Crippen LogP contribution >= 0.6 is 0 Å². The lowest BCUT2D eigenvalue weighted by Gasteiger charge is -2.18. The molecule has 0 N–H and O–H groups in total. The molecule has 0 saturated carbocycles. The zero-order valence-electron chi connectivity index (χ0n) is 43.0. The van der Waals surface area contributed by atoms with Gasteiger partial charge in [-0.25, -0.2) is 0 Å². The van der Waals surface area contributed by atoms with Crippen LogP contribution in [0.1, 0.15) is 194 Å². The number of allylic oxidation sites excluding steroid dienone is 26. The number of esters is 3. The van der Waals surface area contributed by atoms with Gasteiger partial charge in [0.2, 0.25) is 0 Å². The summed E-state index contributed by atoms with van der Waals surface area (Å²) in [7, 11) is 0. The average molecular weight is 935 g/mol. The van der Waals surface area contributed by atoms with Gasteiger partial charge in [0.25, 0.3) is 0 Å². The maximum atomic E-state index is 12.8. The average Bonchev–Trinajstić information content (AvgIpc) is 3.34. The lowest BCUT2D eigenvalue weighted by Crippen LogP contribution is -2.30. The number of ether oxygens (including phenoxy) is 3. The first kappa shape index (κ1) is 63.0. The number of rotatable bonds is 45. The summed E-state index contributed by atoms with van der Waals surface area (Å²) in [5, 5.41) is 0. The van der Waals surface area contributed by atoms with Crippen molar-refractivity contribution in [3.63, 3.8) is 0 Å². The summed E-state index contributed by atoms with van der Waals surface area (Å²) >= 11 is 0. The molecule has 0 aromatic carbocycles. The number of unbranched alkanes of at least 4 members (excludes halogenated alkanes) is 11. The van der Waals surface area contributed by atoms with E-state index in [1.807, 2.05) is 36.5 Å². The Bertz CT molecular complexity index is 1590. The van der Waals surface area contributed by atoms with Crippen molar-refractivity contribution in [3.05, 3.63) is 158 Å². The molecule has 0 aliphatic rings. The van der Waals surface area contributed by atoms with Crippen LogP contribution in [0.4, 0.5) is 0 Å². The Hall–Kier alpha value is -4.97.